The highest BCUT2D eigenvalue weighted by molar-refractivity contribution is 5.82. The molecule has 0 N–H and O–H groups in total. The fourth-order valence-electron chi connectivity index (χ4n) is 8.13. The Hall–Kier alpha value is -1.63. The minimum Gasteiger partial charge on any atom is -0.264 e. The van der Waals surface area contributed by atoms with Gasteiger partial charge in [-0.1, -0.05) is 44.6 Å². The zero-order valence-corrected chi connectivity index (χ0v) is 17.9. The number of pyridine rings is 1. The number of allylic oxidation sites excluding steroid dienone is 2. The van der Waals surface area contributed by atoms with Crippen molar-refractivity contribution in [3.63, 3.8) is 0 Å². The first-order valence-corrected chi connectivity index (χ1v) is 12.3. The first kappa shape index (κ1) is 20.3. The van der Waals surface area contributed by atoms with E-state index in [4.69, 9.17) is 0 Å². The van der Waals surface area contributed by atoms with E-state index >= 15 is 0 Å². The molecular formula is C29H39N. The van der Waals surface area contributed by atoms with Gasteiger partial charge in [-0.2, -0.15) is 0 Å². The van der Waals surface area contributed by atoms with Gasteiger partial charge in [0.25, 0.3) is 0 Å². The minimum atomic E-state index is 0. The van der Waals surface area contributed by atoms with Gasteiger partial charge in [-0.3, -0.25) is 4.98 Å². The fourth-order valence-corrected chi connectivity index (χ4v) is 8.13. The van der Waals surface area contributed by atoms with Crippen LogP contribution in [0.4, 0.5) is 0 Å². The van der Waals surface area contributed by atoms with Crippen molar-refractivity contribution in [2.75, 3.05) is 0 Å². The highest BCUT2D eigenvalue weighted by atomic mass is 14.6. The van der Waals surface area contributed by atoms with E-state index in [1.807, 2.05) is 18.0 Å². The first-order chi connectivity index (χ1) is 14.2. The molecule has 0 radical (unpaired) electrons. The summed E-state index contributed by atoms with van der Waals surface area (Å²) >= 11 is 0. The topological polar surface area (TPSA) is 12.9 Å². The molecule has 160 valence electrons. The lowest BCUT2D eigenvalue weighted by molar-refractivity contribution is 0.0419. The van der Waals surface area contributed by atoms with Crippen molar-refractivity contribution < 1.29 is 0 Å². The van der Waals surface area contributed by atoms with Gasteiger partial charge in [0.15, 0.2) is 0 Å². The molecular weight excluding hydrogens is 362 g/mol. The Morgan fingerprint density at radius 3 is 2.80 bits per heavy atom. The Bertz CT molecular complexity index is 942. The van der Waals surface area contributed by atoms with Gasteiger partial charge in [-0.25, -0.2) is 0 Å². The molecule has 1 heteroatoms. The Morgan fingerprint density at radius 1 is 0.933 bits per heavy atom. The summed E-state index contributed by atoms with van der Waals surface area (Å²) in [7, 11) is 0. The van der Waals surface area contributed by atoms with Gasteiger partial charge in [0, 0.05) is 17.8 Å². The Balaban J connectivity index is 0.00000193. The predicted octanol–water partition coefficient (Wildman–Crippen LogP) is 8.31. The van der Waals surface area contributed by atoms with E-state index in [9.17, 15) is 0 Å². The summed E-state index contributed by atoms with van der Waals surface area (Å²) in [4.78, 5) is 4.37. The van der Waals surface area contributed by atoms with Gasteiger partial charge in [-0.15, -0.1) is 0 Å². The predicted molar refractivity (Wildman–Crippen MR) is 128 cm³/mol. The maximum absolute atomic E-state index is 4.37. The van der Waals surface area contributed by atoms with Crippen LogP contribution in [-0.4, -0.2) is 4.98 Å². The van der Waals surface area contributed by atoms with E-state index in [-0.39, 0.29) is 7.43 Å². The summed E-state index contributed by atoms with van der Waals surface area (Å²) in [5.74, 6) is 4.42. The van der Waals surface area contributed by atoms with Gasteiger partial charge < -0.3 is 0 Å². The summed E-state index contributed by atoms with van der Waals surface area (Å²) in [5.41, 5.74) is 3.93. The molecule has 0 bridgehead atoms. The molecule has 6 unspecified atom stereocenters. The third-order valence-corrected chi connectivity index (χ3v) is 9.63. The second kappa shape index (κ2) is 7.81. The molecule has 1 aromatic carbocycles. The average Bonchev–Trinajstić information content (AvgIpc) is 2.99. The summed E-state index contributed by atoms with van der Waals surface area (Å²) in [6.45, 7) is 2.66. The molecule has 0 spiro atoms. The smallest absolute Gasteiger partial charge is 0.0346 e. The van der Waals surface area contributed by atoms with Crippen molar-refractivity contribution in [3.8, 4) is 0 Å². The molecule has 1 nitrogen and oxygen atoms in total. The number of nitrogens with zero attached hydrogens (tertiary/aromatic N) is 1. The summed E-state index contributed by atoms with van der Waals surface area (Å²) in [6.07, 6.45) is 21.2. The van der Waals surface area contributed by atoms with Gasteiger partial charge >= 0.3 is 0 Å². The lowest BCUT2D eigenvalue weighted by Gasteiger charge is -2.48. The van der Waals surface area contributed by atoms with Crippen LogP contribution in [0.3, 0.4) is 0 Å². The van der Waals surface area contributed by atoms with E-state index in [1.54, 1.807) is 5.56 Å². The largest absolute Gasteiger partial charge is 0.264 e. The van der Waals surface area contributed by atoms with Crippen molar-refractivity contribution in [1.29, 1.82) is 0 Å². The number of hydrogen-bond donors (Lipinski definition) is 0. The zero-order chi connectivity index (χ0) is 19.4. The van der Waals surface area contributed by atoms with Crippen LogP contribution in [0.5, 0.6) is 0 Å². The monoisotopic (exact) mass is 401 g/mol. The van der Waals surface area contributed by atoms with Crippen LogP contribution in [0.25, 0.3) is 10.8 Å². The maximum atomic E-state index is 4.37. The van der Waals surface area contributed by atoms with Gasteiger partial charge in [0.05, 0.1) is 0 Å². The molecule has 0 saturated heterocycles. The molecule has 4 aliphatic carbocycles. The number of fused-ring (bicyclic) bond motifs is 5. The lowest BCUT2D eigenvalue weighted by Crippen LogP contribution is -2.40. The third-order valence-electron chi connectivity index (χ3n) is 9.63. The molecule has 3 fully saturated rings. The fraction of sp³-hybridized carbons (Fsp3) is 0.621. The Labute approximate surface area is 183 Å². The van der Waals surface area contributed by atoms with Crippen molar-refractivity contribution in [2.45, 2.75) is 84.5 Å². The van der Waals surface area contributed by atoms with Gasteiger partial charge in [0.1, 0.15) is 0 Å². The molecule has 1 aromatic heterocycles. The highest BCUT2D eigenvalue weighted by Gasteiger charge is 2.54. The number of hydrogen-bond acceptors (Lipinski definition) is 1. The second-order valence-corrected chi connectivity index (χ2v) is 10.9. The lowest BCUT2D eigenvalue weighted by atomic mass is 9.56. The molecule has 0 amide bonds. The van der Waals surface area contributed by atoms with Crippen molar-refractivity contribution >= 4 is 10.8 Å². The van der Waals surface area contributed by atoms with Gasteiger partial charge in [-0.05, 0) is 116 Å². The first-order valence-electron chi connectivity index (χ1n) is 12.3. The zero-order valence-electron chi connectivity index (χ0n) is 17.9. The average molecular weight is 402 g/mol. The minimum absolute atomic E-state index is 0. The van der Waals surface area contributed by atoms with E-state index < -0.39 is 0 Å². The summed E-state index contributed by atoms with van der Waals surface area (Å²) < 4.78 is 0. The summed E-state index contributed by atoms with van der Waals surface area (Å²) in [5, 5.41) is 2.64. The second-order valence-electron chi connectivity index (χ2n) is 10.9. The van der Waals surface area contributed by atoms with E-state index in [0.717, 1.165) is 29.6 Å². The summed E-state index contributed by atoms with van der Waals surface area (Å²) in [6, 6.07) is 9.35. The molecule has 6 rings (SSSR count). The van der Waals surface area contributed by atoms with Crippen LogP contribution in [-0.2, 0) is 0 Å². The van der Waals surface area contributed by atoms with Crippen LogP contribution < -0.4 is 0 Å². The molecule has 2 aromatic rings. The molecule has 3 saturated carbocycles. The van der Waals surface area contributed by atoms with Gasteiger partial charge in [0.2, 0.25) is 0 Å². The van der Waals surface area contributed by atoms with Crippen LogP contribution in [0.1, 0.15) is 90.0 Å². The maximum Gasteiger partial charge on any atom is 0.0346 e. The van der Waals surface area contributed by atoms with Crippen molar-refractivity contribution in [3.05, 3.63) is 53.9 Å². The number of rotatable bonds is 1. The quantitative estimate of drug-likeness (QED) is 0.438. The van der Waals surface area contributed by atoms with E-state index in [1.165, 1.54) is 75.0 Å². The number of benzene rings is 1. The molecule has 4 aliphatic rings. The Kier molecular flexibility index (Phi) is 5.28. The SMILES string of the molecule is C.CC12CCC3C=C4CCCCC4CCC3C1CCC2c1ccc2ccncc2c1. The molecule has 1 heterocycles. The van der Waals surface area contributed by atoms with Crippen molar-refractivity contribution in [2.24, 2.45) is 29.1 Å². The van der Waals surface area contributed by atoms with Crippen LogP contribution >= 0.6 is 0 Å². The van der Waals surface area contributed by atoms with E-state index in [2.05, 4.69) is 42.2 Å². The third kappa shape index (κ3) is 3.15. The van der Waals surface area contributed by atoms with Crippen LogP contribution in [0.15, 0.2) is 48.3 Å². The van der Waals surface area contributed by atoms with Crippen LogP contribution in [0, 0.1) is 29.1 Å². The number of aromatic nitrogens is 1. The van der Waals surface area contributed by atoms with Crippen molar-refractivity contribution in [1.82, 2.24) is 4.98 Å². The molecule has 0 aliphatic heterocycles. The standard InChI is InChI=1S/C28H35N.CH4/c1-28-14-12-22-16-21-5-3-2-4-19(21)8-9-25(22)27(28)11-10-26(28)23-7-6-20-13-15-29-18-24(20)17-23;/h6-7,13,15-19,22,25-27H,2-5,8-12,14H2,1H3;1H4. The molecule has 30 heavy (non-hydrogen) atoms. The highest BCUT2D eigenvalue weighted by Crippen LogP contribution is 2.64. The normalized spacial score (nSPS) is 37.9. The molecule has 6 atom stereocenters. The van der Waals surface area contributed by atoms with Crippen LogP contribution in [0.2, 0.25) is 0 Å². The Morgan fingerprint density at radius 2 is 1.87 bits per heavy atom. The van der Waals surface area contributed by atoms with E-state index in [0.29, 0.717) is 5.41 Å².